The van der Waals surface area contributed by atoms with Crippen LogP contribution in [0.3, 0.4) is 0 Å². The molecule has 6 rings (SSSR count). The average molecular weight is 620 g/mol. The fraction of sp³-hybridized carbons (Fsp3) is 0.500. The molecular weight excluding hydrogens is 578 g/mol. The molecule has 2 fully saturated rings. The number of carboxylic acid groups (broad SMARTS) is 1. The first-order valence-corrected chi connectivity index (χ1v) is 16.1. The van der Waals surface area contributed by atoms with Gasteiger partial charge in [-0.25, -0.2) is 4.98 Å². The molecule has 2 aromatic carbocycles. The lowest BCUT2D eigenvalue weighted by molar-refractivity contribution is -0.150. The minimum Gasteiger partial charge on any atom is -0.489 e. The molecule has 1 aromatic heterocycles. The number of benzene rings is 2. The zero-order chi connectivity index (χ0) is 30.7. The molecule has 3 aliphatic rings. The summed E-state index contributed by atoms with van der Waals surface area (Å²) in [6.45, 7) is 8.30. The number of carboxylic acids is 1. The maximum absolute atomic E-state index is 11.5. The number of fused-ring (bicyclic) bond motifs is 3. The highest BCUT2D eigenvalue weighted by Gasteiger charge is 2.37. The number of aromatic nitrogens is 2. The number of halogens is 1. The van der Waals surface area contributed by atoms with Gasteiger partial charge in [0.2, 0.25) is 5.95 Å². The Morgan fingerprint density at radius 2 is 1.82 bits per heavy atom. The zero-order valence-corrected chi connectivity index (χ0v) is 26.2. The van der Waals surface area contributed by atoms with Crippen molar-refractivity contribution in [1.29, 1.82) is 0 Å². The molecule has 0 amide bonds. The normalized spacial score (nSPS) is 21.9. The Balaban J connectivity index is 1.01. The number of nitrogens with zero attached hydrogens (tertiary/aromatic N) is 4. The molecule has 1 saturated carbocycles. The summed E-state index contributed by atoms with van der Waals surface area (Å²) in [5.41, 5.74) is 11.2. The van der Waals surface area contributed by atoms with Crippen LogP contribution in [0.4, 0.5) is 11.8 Å². The van der Waals surface area contributed by atoms with E-state index in [1.54, 1.807) is 0 Å². The van der Waals surface area contributed by atoms with Crippen molar-refractivity contribution in [2.45, 2.75) is 52.1 Å². The van der Waals surface area contributed by atoms with E-state index in [2.05, 4.69) is 21.9 Å². The fourth-order valence-electron chi connectivity index (χ4n) is 6.63. The lowest BCUT2D eigenvalue weighted by Crippen LogP contribution is -2.48. The van der Waals surface area contributed by atoms with Crippen LogP contribution in [0.5, 0.6) is 5.75 Å². The molecule has 0 atom stereocenters. The number of aliphatic carboxylic acids is 1. The van der Waals surface area contributed by atoms with E-state index in [0.717, 1.165) is 106 Å². The van der Waals surface area contributed by atoms with Crippen LogP contribution in [0.25, 0.3) is 11.3 Å². The van der Waals surface area contributed by atoms with Crippen molar-refractivity contribution in [1.82, 2.24) is 14.9 Å². The van der Waals surface area contributed by atoms with Gasteiger partial charge in [0.1, 0.15) is 18.2 Å². The molecule has 2 heterocycles. The lowest BCUT2D eigenvalue weighted by Gasteiger charge is -2.37. The second-order valence-corrected chi connectivity index (χ2v) is 13.1. The number of ether oxygens (including phenoxy) is 2. The van der Waals surface area contributed by atoms with Crippen molar-refractivity contribution in [3.05, 3.63) is 64.2 Å². The van der Waals surface area contributed by atoms with Crippen molar-refractivity contribution < 1.29 is 19.4 Å². The highest BCUT2D eigenvalue weighted by molar-refractivity contribution is 6.30. The van der Waals surface area contributed by atoms with Crippen molar-refractivity contribution in [2.75, 3.05) is 56.6 Å². The Hall–Kier alpha value is -3.40. The third-order valence-electron chi connectivity index (χ3n) is 9.60. The van der Waals surface area contributed by atoms with Crippen LogP contribution in [0.1, 0.15) is 49.3 Å². The van der Waals surface area contributed by atoms with Crippen molar-refractivity contribution in [2.24, 2.45) is 11.3 Å². The van der Waals surface area contributed by atoms with Gasteiger partial charge in [0.05, 0.1) is 17.7 Å². The summed E-state index contributed by atoms with van der Waals surface area (Å²) >= 11 is 6.00. The Labute approximate surface area is 264 Å². The van der Waals surface area contributed by atoms with Gasteiger partial charge in [0.25, 0.3) is 0 Å². The number of anilines is 2. The van der Waals surface area contributed by atoms with Gasteiger partial charge in [-0.3, -0.25) is 9.69 Å². The topological polar surface area (TPSA) is 114 Å². The summed E-state index contributed by atoms with van der Waals surface area (Å²) in [6.07, 6.45) is 5.09. The first-order chi connectivity index (χ1) is 21.3. The van der Waals surface area contributed by atoms with Crippen LogP contribution in [0, 0.1) is 11.3 Å². The number of carbonyl (C=O) groups is 1. The van der Waals surface area contributed by atoms with Crippen LogP contribution in [-0.4, -0.2) is 71.9 Å². The second-order valence-electron chi connectivity index (χ2n) is 12.7. The fourth-order valence-corrected chi connectivity index (χ4v) is 6.76. The molecule has 0 unspecified atom stereocenters. The van der Waals surface area contributed by atoms with Crippen LogP contribution in [-0.2, 0) is 29.0 Å². The third kappa shape index (κ3) is 6.95. The Kier molecular flexibility index (Phi) is 9.26. The van der Waals surface area contributed by atoms with Crippen molar-refractivity contribution in [3.8, 4) is 17.0 Å². The van der Waals surface area contributed by atoms with E-state index in [1.165, 1.54) is 11.1 Å². The SMILES string of the molecule is C[C@]1(C(=O)O)CC[C@H](COCCN2CCN(c3nc(N)nc4c3CCc3cc(OCc5ccc(Cl)cc5)ccc3-4)CC2)CC1. The Bertz CT molecular complexity index is 1470. The number of aryl methyl sites for hydroxylation is 1. The minimum absolute atomic E-state index is 0.303. The first kappa shape index (κ1) is 30.6. The van der Waals surface area contributed by atoms with Crippen LogP contribution < -0.4 is 15.4 Å². The van der Waals surface area contributed by atoms with Gasteiger partial charge in [-0.1, -0.05) is 23.7 Å². The summed E-state index contributed by atoms with van der Waals surface area (Å²) in [6, 6.07) is 13.9. The number of hydrogen-bond donors (Lipinski definition) is 2. The maximum Gasteiger partial charge on any atom is 0.309 e. The maximum atomic E-state index is 11.5. The van der Waals surface area contributed by atoms with Crippen LogP contribution >= 0.6 is 11.6 Å². The van der Waals surface area contributed by atoms with Crippen molar-refractivity contribution >= 4 is 29.3 Å². The molecule has 3 N–H and O–H groups in total. The standard InChI is InChI=1S/C34H42ClN5O4/c1-34(32(41)42)12-10-24(11-13-34)21-43-19-18-39-14-16-40(17-15-39)31-29-8-4-25-20-27(44-22-23-2-5-26(35)6-3-23)7-9-28(25)30(29)37-33(36)38-31/h2-3,5-7,9,20,24H,4,8,10-19,21-22H2,1H3,(H,41,42)(H2,36,37,38)/t24-,34-. The largest absolute Gasteiger partial charge is 0.489 e. The molecule has 2 aliphatic carbocycles. The van der Waals surface area contributed by atoms with E-state index in [-0.39, 0.29) is 0 Å². The molecule has 1 aliphatic heterocycles. The highest BCUT2D eigenvalue weighted by Crippen LogP contribution is 2.40. The molecule has 9 nitrogen and oxygen atoms in total. The highest BCUT2D eigenvalue weighted by atomic mass is 35.5. The monoisotopic (exact) mass is 619 g/mol. The van der Waals surface area contributed by atoms with Gasteiger partial charge in [-0.05, 0) is 92.8 Å². The molecule has 44 heavy (non-hydrogen) atoms. The molecule has 1 saturated heterocycles. The molecular formula is C34H42ClN5O4. The zero-order valence-electron chi connectivity index (χ0n) is 25.4. The van der Waals surface area contributed by atoms with Crippen molar-refractivity contribution in [3.63, 3.8) is 0 Å². The summed E-state index contributed by atoms with van der Waals surface area (Å²) in [5.74, 6) is 1.90. The number of nitrogens with two attached hydrogens (primary N) is 1. The number of nitrogen functional groups attached to an aromatic ring is 1. The molecule has 0 radical (unpaired) electrons. The minimum atomic E-state index is -0.670. The number of piperazine rings is 1. The van der Waals surface area contributed by atoms with E-state index >= 15 is 0 Å². The van der Waals surface area contributed by atoms with Gasteiger partial charge < -0.3 is 25.2 Å². The van der Waals surface area contributed by atoms with E-state index in [1.807, 2.05) is 37.3 Å². The Morgan fingerprint density at radius 3 is 2.55 bits per heavy atom. The predicted octanol–water partition coefficient (Wildman–Crippen LogP) is 5.48. The van der Waals surface area contributed by atoms with Gasteiger partial charge in [-0.2, -0.15) is 4.98 Å². The van der Waals surface area contributed by atoms with E-state index in [0.29, 0.717) is 30.1 Å². The quantitative estimate of drug-likeness (QED) is 0.285. The first-order valence-electron chi connectivity index (χ1n) is 15.7. The number of hydrogen-bond acceptors (Lipinski definition) is 8. The lowest BCUT2D eigenvalue weighted by atomic mass is 9.72. The molecule has 234 valence electrons. The summed E-state index contributed by atoms with van der Waals surface area (Å²) < 4.78 is 12.1. The van der Waals surface area contributed by atoms with Crippen LogP contribution in [0.15, 0.2) is 42.5 Å². The van der Waals surface area contributed by atoms with Gasteiger partial charge in [0, 0.05) is 55.5 Å². The summed E-state index contributed by atoms with van der Waals surface area (Å²) in [7, 11) is 0. The molecule has 0 bridgehead atoms. The Morgan fingerprint density at radius 1 is 1.07 bits per heavy atom. The van der Waals surface area contributed by atoms with E-state index in [9.17, 15) is 9.90 Å². The molecule has 0 spiro atoms. The smallest absolute Gasteiger partial charge is 0.309 e. The molecule has 3 aromatic rings. The number of rotatable bonds is 10. The predicted molar refractivity (Wildman–Crippen MR) is 172 cm³/mol. The van der Waals surface area contributed by atoms with Gasteiger partial charge >= 0.3 is 5.97 Å². The second kappa shape index (κ2) is 13.3. The average Bonchev–Trinajstić information content (AvgIpc) is 3.03. The van der Waals surface area contributed by atoms with E-state index < -0.39 is 11.4 Å². The van der Waals surface area contributed by atoms with Gasteiger partial charge in [0.15, 0.2) is 0 Å². The third-order valence-corrected chi connectivity index (χ3v) is 9.85. The van der Waals surface area contributed by atoms with E-state index in [4.69, 9.17) is 36.8 Å². The summed E-state index contributed by atoms with van der Waals surface area (Å²) in [5, 5.41) is 10.2. The molecule has 10 heteroatoms. The van der Waals surface area contributed by atoms with Crippen LogP contribution in [0.2, 0.25) is 5.02 Å². The summed E-state index contributed by atoms with van der Waals surface area (Å²) in [4.78, 5) is 25.7. The van der Waals surface area contributed by atoms with Gasteiger partial charge in [-0.15, -0.1) is 0 Å².